The second-order valence-corrected chi connectivity index (χ2v) is 13.6. The monoisotopic (exact) mass is 880 g/mol. The number of furan rings is 3. The molecule has 9 aromatic rings. The normalized spacial score (nSPS) is 15.0. The molecule has 6 aromatic heterocycles. The van der Waals surface area contributed by atoms with Gasteiger partial charge in [-0.25, -0.2) is 0 Å². The first-order chi connectivity index (χ1) is 31.5. The van der Waals surface area contributed by atoms with E-state index in [1.165, 1.54) is 7.11 Å². The second-order valence-electron chi connectivity index (χ2n) is 13.6. The van der Waals surface area contributed by atoms with Crippen LogP contribution in [0.3, 0.4) is 0 Å². The molecule has 11 rings (SSSR count). The first-order valence-corrected chi connectivity index (χ1v) is 20.0. The molecule has 332 valence electrons. The van der Waals surface area contributed by atoms with Gasteiger partial charge in [0.15, 0.2) is 24.1 Å². The van der Waals surface area contributed by atoms with E-state index in [4.69, 9.17) is 69.1 Å². The zero-order valence-electron chi connectivity index (χ0n) is 34.8. The highest BCUT2D eigenvalue weighted by molar-refractivity contribution is 5.89. The van der Waals surface area contributed by atoms with Gasteiger partial charge in [0.25, 0.3) is 17.7 Å². The Hall–Kier alpha value is -7.62. The van der Waals surface area contributed by atoms with Crippen LogP contribution in [0.1, 0.15) is 13.8 Å². The van der Waals surface area contributed by atoms with Crippen molar-refractivity contribution in [1.82, 2.24) is 30.6 Å². The summed E-state index contributed by atoms with van der Waals surface area (Å²) < 4.78 is 80.5. The van der Waals surface area contributed by atoms with Crippen LogP contribution in [0.4, 0.5) is 0 Å². The third-order valence-corrected chi connectivity index (χ3v) is 9.11. The molecule has 0 bridgehead atoms. The fourth-order valence-corrected chi connectivity index (χ4v) is 5.99. The van der Waals surface area contributed by atoms with Crippen LogP contribution in [0, 0.1) is 0 Å². The van der Waals surface area contributed by atoms with Gasteiger partial charge in [0.2, 0.25) is 0 Å². The van der Waals surface area contributed by atoms with Gasteiger partial charge in [-0.15, -0.1) is 15.3 Å². The largest absolute Gasteiger partial charge is 0.490 e. The highest BCUT2D eigenvalue weighted by atomic mass is 16.7. The van der Waals surface area contributed by atoms with Gasteiger partial charge in [0, 0.05) is 25.3 Å². The van der Waals surface area contributed by atoms with Crippen molar-refractivity contribution < 1.29 is 69.1 Å². The first kappa shape index (κ1) is 41.7. The van der Waals surface area contributed by atoms with E-state index >= 15 is 0 Å². The lowest BCUT2D eigenvalue weighted by atomic mass is 10.2. The van der Waals surface area contributed by atoms with Gasteiger partial charge >= 0.3 is 18.2 Å². The molecule has 0 saturated carbocycles. The number of nitrogens with zero attached hydrogens (tertiary/aromatic N) is 6. The van der Waals surface area contributed by atoms with Crippen molar-refractivity contribution in [2.24, 2.45) is 0 Å². The molecule has 2 atom stereocenters. The van der Waals surface area contributed by atoms with Crippen LogP contribution in [0.5, 0.6) is 35.5 Å². The summed E-state index contributed by atoms with van der Waals surface area (Å²) in [4.78, 5) is 0. The number of aromatic nitrogens is 6. The van der Waals surface area contributed by atoms with Gasteiger partial charge < -0.3 is 69.1 Å². The molecular weight excluding hydrogens is 840 g/mol. The van der Waals surface area contributed by atoms with E-state index in [0.717, 1.165) is 40.9 Å². The molecule has 2 aliphatic heterocycles. The Morgan fingerprint density at radius 1 is 0.484 bits per heavy atom. The minimum Gasteiger partial charge on any atom is -0.490 e. The Morgan fingerprint density at radius 3 is 1.23 bits per heavy atom. The molecule has 2 aliphatic rings. The van der Waals surface area contributed by atoms with E-state index in [0.29, 0.717) is 66.2 Å². The number of ether oxygens (including phenoxy) is 9. The number of benzene rings is 3. The fourth-order valence-electron chi connectivity index (χ4n) is 5.99. The van der Waals surface area contributed by atoms with Crippen LogP contribution in [0.2, 0.25) is 0 Å². The maximum Gasteiger partial charge on any atom is 0.415 e. The van der Waals surface area contributed by atoms with Crippen LogP contribution in [-0.4, -0.2) is 103 Å². The Labute approximate surface area is 362 Å². The van der Waals surface area contributed by atoms with E-state index in [9.17, 15) is 0 Å². The maximum absolute atomic E-state index is 5.76. The van der Waals surface area contributed by atoms with Crippen molar-refractivity contribution in [2.45, 2.75) is 26.1 Å². The zero-order valence-corrected chi connectivity index (χ0v) is 34.8. The molecule has 0 unspecified atom stereocenters. The Bertz CT molecular complexity index is 2920. The van der Waals surface area contributed by atoms with Crippen molar-refractivity contribution in [1.29, 1.82) is 0 Å². The highest BCUT2D eigenvalue weighted by Gasteiger charge is 2.25. The second kappa shape index (κ2) is 19.2. The summed E-state index contributed by atoms with van der Waals surface area (Å²) >= 11 is 0. The topological polar surface area (TPSA) is 246 Å². The van der Waals surface area contributed by atoms with E-state index < -0.39 is 0 Å². The summed E-state index contributed by atoms with van der Waals surface area (Å²) in [6, 6.07) is 22.1. The summed E-state index contributed by atoms with van der Waals surface area (Å²) in [6.45, 7) is 7.35. The quantitative estimate of drug-likeness (QED) is 0.0625. The van der Waals surface area contributed by atoms with Crippen LogP contribution in [0.15, 0.2) is 99.3 Å². The number of epoxide rings is 2. The molecular formula is C43H40N6O15. The lowest BCUT2D eigenvalue weighted by molar-refractivity contribution is 0.0522. The molecule has 0 amide bonds. The third kappa shape index (κ3) is 9.86. The van der Waals surface area contributed by atoms with Gasteiger partial charge in [-0.2, -0.15) is 0 Å². The van der Waals surface area contributed by atoms with E-state index in [1.807, 2.05) is 80.6 Å². The minimum absolute atomic E-state index is 0.0906. The van der Waals surface area contributed by atoms with Crippen molar-refractivity contribution in [2.75, 3.05) is 60.7 Å². The van der Waals surface area contributed by atoms with Gasteiger partial charge in [0.05, 0.1) is 49.7 Å². The van der Waals surface area contributed by atoms with Gasteiger partial charge in [0.1, 0.15) is 59.4 Å². The van der Waals surface area contributed by atoms with Gasteiger partial charge in [-0.05, 0) is 50.2 Å². The average molecular weight is 881 g/mol. The van der Waals surface area contributed by atoms with Crippen molar-refractivity contribution in [3.05, 3.63) is 72.8 Å². The van der Waals surface area contributed by atoms with Crippen LogP contribution in [-0.2, 0) is 14.2 Å². The minimum atomic E-state index is 0.0906. The van der Waals surface area contributed by atoms with Crippen molar-refractivity contribution >= 4 is 32.9 Å². The Morgan fingerprint density at radius 2 is 0.875 bits per heavy atom. The lowest BCUT2D eigenvalue weighted by Crippen LogP contribution is -2.03. The predicted molar refractivity (Wildman–Crippen MR) is 220 cm³/mol. The molecule has 0 N–H and O–H groups in total. The smallest absolute Gasteiger partial charge is 0.415 e. The number of fused-ring (bicyclic) bond motifs is 3. The fraction of sp³-hybridized carbons (Fsp3) is 0.302. The maximum atomic E-state index is 5.76. The zero-order chi connectivity index (χ0) is 43.8. The molecule has 3 aromatic carbocycles. The molecule has 64 heavy (non-hydrogen) atoms. The molecule has 2 fully saturated rings. The summed E-state index contributed by atoms with van der Waals surface area (Å²) in [5.41, 5.74) is 2.05. The Balaban J connectivity index is 0.000000122. The molecule has 0 aliphatic carbocycles. The molecule has 21 heteroatoms. The van der Waals surface area contributed by atoms with Crippen molar-refractivity contribution in [3.8, 4) is 70.4 Å². The molecule has 0 radical (unpaired) electrons. The predicted octanol–water partition coefficient (Wildman–Crippen LogP) is 7.79. The van der Waals surface area contributed by atoms with E-state index in [1.54, 1.807) is 13.2 Å². The molecule has 2 saturated heterocycles. The van der Waals surface area contributed by atoms with Gasteiger partial charge in [-0.1, -0.05) is 33.5 Å². The number of rotatable bonds is 17. The molecule has 21 nitrogen and oxygen atoms in total. The Kier molecular flexibility index (Phi) is 12.5. The number of hydrogen-bond acceptors (Lipinski definition) is 21. The summed E-state index contributed by atoms with van der Waals surface area (Å²) in [5.74, 6) is 4.34. The van der Waals surface area contributed by atoms with Gasteiger partial charge in [-0.3, -0.25) is 0 Å². The summed E-state index contributed by atoms with van der Waals surface area (Å²) in [6.07, 6.45) is 0.732. The third-order valence-electron chi connectivity index (χ3n) is 9.11. The van der Waals surface area contributed by atoms with E-state index in [-0.39, 0.29) is 54.9 Å². The lowest BCUT2D eigenvalue weighted by Gasteiger charge is -2.04. The molecule has 8 heterocycles. The SMILES string of the molecule is CCOc1nnc(-c2cc3c(OCOC)cccc3o2)o1.CCOc1nnc(-c2cc3c(OC[C@@H]4CO4)cccc3o2)o1.COc1nnc(-c2cc3c(OC[C@@H]4CO4)cccc3o2)o1. The number of hydrogen-bond donors (Lipinski definition) is 0. The van der Waals surface area contributed by atoms with Crippen molar-refractivity contribution in [3.63, 3.8) is 0 Å². The molecule has 0 spiro atoms. The first-order valence-electron chi connectivity index (χ1n) is 20.0. The summed E-state index contributed by atoms with van der Waals surface area (Å²) in [7, 11) is 3.02. The number of methoxy groups -OCH3 is 2. The van der Waals surface area contributed by atoms with E-state index in [2.05, 4.69) is 30.6 Å². The highest BCUT2D eigenvalue weighted by Crippen LogP contribution is 2.36. The average Bonchev–Trinajstić information content (AvgIpc) is 3.79. The van der Waals surface area contributed by atoms with Crippen LogP contribution in [0.25, 0.3) is 67.9 Å². The summed E-state index contributed by atoms with van der Waals surface area (Å²) in [5, 5.41) is 25.5. The van der Waals surface area contributed by atoms with Crippen LogP contribution < -0.4 is 28.4 Å². The standard InChI is InChI=1S/C15H14N2O5.C14H12N2O5.C14H14N2O5/c1-2-18-15-17-16-14(22-15)13-6-10-11(20-8-9-7-19-9)4-3-5-12(10)21-13;1-17-14-16-15-13(21-14)12-5-9-10(19-7-8-6-18-8)3-2-4-11(9)20-12;1-3-18-14-16-15-13(21-14)12-7-9-10(19-8-17-2)5-4-6-11(9)20-12/h3-6,9H,2,7-8H2,1H3;2-5,8H,6-7H2,1H3;4-7H,3,8H2,1-2H3/t9-;8-;/m00./s1. The van der Waals surface area contributed by atoms with Crippen LogP contribution >= 0.6 is 0 Å².